The van der Waals surface area contributed by atoms with E-state index in [1.807, 2.05) is 11.0 Å². The van der Waals surface area contributed by atoms with Crippen LogP contribution in [-0.2, 0) is 0 Å². The van der Waals surface area contributed by atoms with Gasteiger partial charge >= 0.3 is 0 Å². The average molecular weight is 338 g/mol. The lowest BCUT2D eigenvalue weighted by Crippen LogP contribution is -2.39. The Morgan fingerprint density at radius 1 is 1.20 bits per heavy atom. The van der Waals surface area contributed by atoms with Crippen molar-refractivity contribution >= 4 is 21.8 Å². The van der Waals surface area contributed by atoms with E-state index >= 15 is 0 Å². The molecule has 1 atom stereocenters. The molecule has 3 rings (SSSR count). The number of likely N-dealkylation sites (tertiary alicyclic amines) is 1. The summed E-state index contributed by atoms with van der Waals surface area (Å²) in [5.41, 5.74) is 0.429. The Labute approximate surface area is 128 Å². The number of carbonyl (C=O) groups excluding carboxylic acids is 1. The van der Waals surface area contributed by atoms with Gasteiger partial charge in [-0.05, 0) is 49.8 Å². The minimum absolute atomic E-state index is 0.00981. The summed E-state index contributed by atoms with van der Waals surface area (Å²) < 4.78 is 0.792. The molecule has 1 heterocycles. The standard InChI is InChI=1S/C16H20BrNO2/c17-12-7-8-13(15(19)10-12)16(20)18-9-3-6-14(18)11-4-1-2-5-11/h7-8,10-11,14,19H,1-6,9H2. The summed E-state index contributed by atoms with van der Waals surface area (Å²) in [6, 6.07) is 5.50. The molecule has 0 bridgehead atoms. The third-order valence-corrected chi connectivity index (χ3v) is 5.19. The van der Waals surface area contributed by atoms with E-state index in [9.17, 15) is 9.90 Å². The molecule has 0 radical (unpaired) electrons. The minimum Gasteiger partial charge on any atom is -0.507 e. The molecule has 4 heteroatoms. The molecule has 1 saturated heterocycles. The Hall–Kier alpha value is -1.03. The van der Waals surface area contributed by atoms with E-state index in [-0.39, 0.29) is 11.7 Å². The second kappa shape index (κ2) is 5.76. The van der Waals surface area contributed by atoms with Crippen molar-refractivity contribution in [3.63, 3.8) is 0 Å². The average Bonchev–Trinajstić information content (AvgIpc) is 3.09. The third-order valence-electron chi connectivity index (χ3n) is 4.69. The molecule has 1 N–H and O–H groups in total. The number of phenolic OH excluding ortho intramolecular Hbond substituents is 1. The molecule has 1 aliphatic heterocycles. The molecule has 3 nitrogen and oxygen atoms in total. The van der Waals surface area contributed by atoms with Crippen LogP contribution in [0.2, 0.25) is 0 Å². The van der Waals surface area contributed by atoms with Crippen LogP contribution >= 0.6 is 15.9 Å². The highest BCUT2D eigenvalue weighted by molar-refractivity contribution is 9.10. The quantitative estimate of drug-likeness (QED) is 0.887. The van der Waals surface area contributed by atoms with Crippen LogP contribution in [0.15, 0.2) is 22.7 Å². The summed E-state index contributed by atoms with van der Waals surface area (Å²) in [5, 5.41) is 10.00. The Morgan fingerprint density at radius 2 is 1.95 bits per heavy atom. The maximum atomic E-state index is 12.7. The zero-order valence-electron chi connectivity index (χ0n) is 11.5. The highest BCUT2D eigenvalue weighted by Gasteiger charge is 2.36. The van der Waals surface area contributed by atoms with Crippen LogP contribution in [0, 0.1) is 5.92 Å². The zero-order valence-corrected chi connectivity index (χ0v) is 13.1. The Kier molecular flexibility index (Phi) is 4.01. The van der Waals surface area contributed by atoms with Crippen LogP contribution in [0.1, 0.15) is 48.9 Å². The number of benzene rings is 1. The van der Waals surface area contributed by atoms with E-state index in [1.54, 1.807) is 12.1 Å². The fraction of sp³-hybridized carbons (Fsp3) is 0.562. The Morgan fingerprint density at radius 3 is 2.65 bits per heavy atom. The van der Waals surface area contributed by atoms with Gasteiger partial charge in [0.25, 0.3) is 5.91 Å². The van der Waals surface area contributed by atoms with Crippen LogP contribution in [0.4, 0.5) is 0 Å². The Balaban J connectivity index is 1.81. The highest BCUT2D eigenvalue weighted by atomic mass is 79.9. The molecular weight excluding hydrogens is 318 g/mol. The van der Waals surface area contributed by atoms with Crippen molar-refractivity contribution in [1.29, 1.82) is 0 Å². The zero-order chi connectivity index (χ0) is 14.1. The first-order valence-electron chi connectivity index (χ1n) is 7.46. The van der Waals surface area contributed by atoms with Crippen molar-refractivity contribution in [2.75, 3.05) is 6.54 Å². The van der Waals surface area contributed by atoms with Gasteiger partial charge in [-0.2, -0.15) is 0 Å². The Bertz CT molecular complexity index is 511. The number of amides is 1. The lowest BCUT2D eigenvalue weighted by atomic mass is 9.95. The van der Waals surface area contributed by atoms with Crippen molar-refractivity contribution in [3.8, 4) is 5.75 Å². The van der Waals surface area contributed by atoms with E-state index in [2.05, 4.69) is 15.9 Å². The van der Waals surface area contributed by atoms with Gasteiger partial charge in [-0.25, -0.2) is 0 Å². The van der Waals surface area contributed by atoms with Gasteiger partial charge in [0.1, 0.15) is 5.75 Å². The van der Waals surface area contributed by atoms with Crippen LogP contribution in [0.5, 0.6) is 5.75 Å². The summed E-state index contributed by atoms with van der Waals surface area (Å²) >= 11 is 3.31. The fourth-order valence-corrected chi connectivity index (χ4v) is 4.07. The SMILES string of the molecule is O=C(c1ccc(Br)cc1O)N1CCCC1C1CCCC1. The first-order valence-corrected chi connectivity index (χ1v) is 8.25. The second-order valence-electron chi connectivity index (χ2n) is 5.91. The summed E-state index contributed by atoms with van der Waals surface area (Å²) in [5.74, 6) is 0.727. The molecule has 20 heavy (non-hydrogen) atoms. The maximum absolute atomic E-state index is 12.7. The number of aromatic hydroxyl groups is 1. The van der Waals surface area contributed by atoms with Gasteiger partial charge in [-0.1, -0.05) is 28.8 Å². The molecule has 2 fully saturated rings. The number of rotatable bonds is 2. The molecule has 1 amide bonds. The molecule has 0 aromatic heterocycles. The largest absolute Gasteiger partial charge is 0.507 e. The van der Waals surface area contributed by atoms with Crippen LogP contribution in [0.25, 0.3) is 0 Å². The first-order chi connectivity index (χ1) is 9.66. The van der Waals surface area contributed by atoms with Crippen LogP contribution < -0.4 is 0 Å². The van der Waals surface area contributed by atoms with E-state index in [0.717, 1.165) is 23.9 Å². The first kappa shape index (κ1) is 13.9. The summed E-state index contributed by atoms with van der Waals surface area (Å²) in [6.07, 6.45) is 7.30. The fourth-order valence-electron chi connectivity index (χ4n) is 3.72. The smallest absolute Gasteiger partial charge is 0.257 e. The number of hydrogen-bond acceptors (Lipinski definition) is 2. The molecular formula is C16H20BrNO2. The second-order valence-corrected chi connectivity index (χ2v) is 6.83. The van der Waals surface area contributed by atoms with Crippen LogP contribution in [0.3, 0.4) is 0 Å². The third kappa shape index (κ3) is 2.58. The predicted molar refractivity (Wildman–Crippen MR) is 81.8 cm³/mol. The summed E-state index contributed by atoms with van der Waals surface area (Å²) in [6.45, 7) is 0.829. The van der Waals surface area contributed by atoms with Crippen molar-refractivity contribution in [2.45, 2.75) is 44.6 Å². The molecule has 1 aliphatic carbocycles. The summed E-state index contributed by atoms with van der Waals surface area (Å²) in [7, 11) is 0. The van der Waals surface area contributed by atoms with E-state index in [1.165, 1.54) is 25.7 Å². The molecule has 1 unspecified atom stereocenters. The van der Waals surface area contributed by atoms with Gasteiger partial charge in [-0.15, -0.1) is 0 Å². The predicted octanol–water partition coefficient (Wildman–Crippen LogP) is 3.95. The summed E-state index contributed by atoms with van der Waals surface area (Å²) in [4.78, 5) is 14.7. The van der Waals surface area contributed by atoms with Crippen LogP contribution in [-0.4, -0.2) is 28.5 Å². The van der Waals surface area contributed by atoms with Crippen molar-refractivity contribution in [1.82, 2.24) is 4.90 Å². The number of hydrogen-bond donors (Lipinski definition) is 1. The highest BCUT2D eigenvalue weighted by Crippen LogP contribution is 2.36. The lowest BCUT2D eigenvalue weighted by molar-refractivity contribution is 0.0686. The number of phenols is 1. The van der Waals surface area contributed by atoms with E-state index in [4.69, 9.17) is 0 Å². The van der Waals surface area contributed by atoms with Gasteiger partial charge < -0.3 is 10.0 Å². The van der Waals surface area contributed by atoms with Gasteiger partial charge in [0.2, 0.25) is 0 Å². The lowest BCUT2D eigenvalue weighted by Gasteiger charge is -2.29. The minimum atomic E-state index is -0.00981. The molecule has 2 aliphatic rings. The molecule has 0 spiro atoms. The number of halogens is 1. The van der Waals surface area contributed by atoms with Crippen molar-refractivity contribution in [3.05, 3.63) is 28.2 Å². The maximum Gasteiger partial charge on any atom is 0.257 e. The molecule has 1 saturated carbocycles. The normalized spacial score (nSPS) is 23.4. The molecule has 1 aromatic rings. The van der Waals surface area contributed by atoms with E-state index < -0.39 is 0 Å². The van der Waals surface area contributed by atoms with Crippen molar-refractivity contribution in [2.24, 2.45) is 5.92 Å². The topological polar surface area (TPSA) is 40.5 Å². The number of carbonyl (C=O) groups is 1. The van der Waals surface area contributed by atoms with Gasteiger partial charge in [0, 0.05) is 17.1 Å². The monoisotopic (exact) mass is 337 g/mol. The van der Waals surface area contributed by atoms with Gasteiger partial charge in [0.15, 0.2) is 0 Å². The van der Waals surface area contributed by atoms with Crippen molar-refractivity contribution < 1.29 is 9.90 Å². The number of nitrogens with zero attached hydrogens (tertiary/aromatic N) is 1. The molecule has 1 aromatic carbocycles. The molecule has 108 valence electrons. The van der Waals surface area contributed by atoms with Gasteiger partial charge in [0.05, 0.1) is 5.56 Å². The van der Waals surface area contributed by atoms with Gasteiger partial charge in [-0.3, -0.25) is 4.79 Å². The van der Waals surface area contributed by atoms with E-state index in [0.29, 0.717) is 17.5 Å².